The van der Waals surface area contributed by atoms with Crippen LogP contribution in [0.5, 0.6) is 11.5 Å². The molecule has 7 rings (SSSR count). The summed E-state index contributed by atoms with van der Waals surface area (Å²) in [5.41, 5.74) is 5.26. The maximum absolute atomic E-state index is 14.0. The van der Waals surface area contributed by atoms with Gasteiger partial charge in [0.25, 0.3) is 5.91 Å². The van der Waals surface area contributed by atoms with E-state index in [1.54, 1.807) is 93.6 Å². The van der Waals surface area contributed by atoms with Crippen LogP contribution in [0.25, 0.3) is 11.1 Å². The van der Waals surface area contributed by atoms with Crippen LogP contribution in [0.4, 0.5) is 10.5 Å². The van der Waals surface area contributed by atoms with Gasteiger partial charge < -0.3 is 30.0 Å². The summed E-state index contributed by atoms with van der Waals surface area (Å²) in [6.07, 6.45) is -1.73. The molecule has 0 saturated carbocycles. The molecule has 12 nitrogen and oxygen atoms in total. The van der Waals surface area contributed by atoms with E-state index in [0.717, 1.165) is 16.7 Å². The molecule has 0 aliphatic carbocycles. The minimum Gasteiger partial charge on any atom is -0.489 e. The van der Waals surface area contributed by atoms with Crippen LogP contribution in [-0.2, 0) is 45.1 Å². The van der Waals surface area contributed by atoms with Crippen LogP contribution >= 0.6 is 23.2 Å². The van der Waals surface area contributed by atoms with Gasteiger partial charge in [-0.15, -0.1) is 0 Å². The molecule has 0 radical (unpaired) electrons. The first-order chi connectivity index (χ1) is 28.6. The molecule has 1 unspecified atom stereocenters. The third-order valence-electron chi connectivity index (χ3n) is 10.0. The maximum atomic E-state index is 14.0. The third-order valence-corrected chi connectivity index (χ3v) is 10.8. The maximum Gasteiger partial charge on any atom is 0.411 e. The minimum absolute atomic E-state index is 0.0162. The lowest BCUT2D eigenvalue weighted by Gasteiger charge is -2.38. The number of nitrogens with one attached hydrogen (secondary N) is 2. The number of nitrogens with zero attached hydrogens (tertiary/aromatic N) is 2. The molecule has 0 bridgehead atoms. The Labute approximate surface area is 356 Å². The van der Waals surface area contributed by atoms with Gasteiger partial charge in [-0.3, -0.25) is 14.5 Å². The van der Waals surface area contributed by atoms with Crippen molar-refractivity contribution < 1.29 is 38.5 Å². The molecular formula is C46H40Cl2N4O8. The molecule has 2 aliphatic heterocycles. The van der Waals surface area contributed by atoms with E-state index < -0.39 is 47.7 Å². The Morgan fingerprint density at radius 1 is 0.917 bits per heavy atom. The van der Waals surface area contributed by atoms with Crippen molar-refractivity contribution in [3.8, 4) is 28.7 Å². The van der Waals surface area contributed by atoms with Gasteiger partial charge in [0.15, 0.2) is 0 Å². The first kappa shape index (κ1) is 41.6. The molecule has 0 aromatic heterocycles. The second-order valence-corrected chi connectivity index (χ2v) is 16.3. The Balaban J connectivity index is 1.06. The SMILES string of the molecule is CC(C)(C)OC(=O)N1Cc2cc3c(cc2C[C@H]1C(=O)N[C@@H](Cc1ccc(-c2ccc(C#N)cc2)cc1)C(=O)O)NC(=O)C(c1ccc(OCc2ccc(Cl)c(Cl)c2)cc1)O3. The number of carboxylic acid groups (broad SMARTS) is 1. The van der Waals surface area contributed by atoms with Crippen LogP contribution in [0.1, 0.15) is 60.3 Å². The molecule has 3 N–H and O–H groups in total. The lowest BCUT2D eigenvalue weighted by atomic mass is 9.92. The largest absolute Gasteiger partial charge is 0.489 e. The molecule has 3 atom stereocenters. The van der Waals surface area contributed by atoms with Gasteiger partial charge in [-0.05, 0) is 103 Å². The van der Waals surface area contributed by atoms with E-state index in [9.17, 15) is 24.3 Å². The first-order valence-corrected chi connectivity index (χ1v) is 19.8. The average molecular weight is 848 g/mol. The van der Waals surface area contributed by atoms with Crippen LogP contribution in [0.15, 0.2) is 103 Å². The number of rotatable bonds is 10. The van der Waals surface area contributed by atoms with Crippen LogP contribution in [0.2, 0.25) is 10.0 Å². The fourth-order valence-electron chi connectivity index (χ4n) is 6.97. The summed E-state index contributed by atoms with van der Waals surface area (Å²) in [6, 6.07) is 29.7. The molecule has 0 spiro atoms. The fourth-order valence-corrected chi connectivity index (χ4v) is 7.29. The molecule has 0 fully saturated rings. The number of halogens is 2. The number of aliphatic carboxylic acids is 1. The van der Waals surface area contributed by atoms with Crippen LogP contribution < -0.4 is 20.1 Å². The average Bonchev–Trinajstić information content (AvgIpc) is 3.22. The molecule has 14 heteroatoms. The number of carbonyl (C=O) groups excluding carboxylic acids is 3. The van der Waals surface area contributed by atoms with E-state index in [1.165, 1.54) is 4.90 Å². The highest BCUT2D eigenvalue weighted by Crippen LogP contribution is 2.40. The zero-order chi connectivity index (χ0) is 42.7. The van der Waals surface area contributed by atoms with E-state index in [2.05, 4.69) is 16.7 Å². The minimum atomic E-state index is -1.31. The van der Waals surface area contributed by atoms with Crippen molar-refractivity contribution >= 4 is 52.8 Å². The normalized spacial score (nSPS) is 16.2. The lowest BCUT2D eigenvalue weighted by Crippen LogP contribution is -2.56. The summed E-state index contributed by atoms with van der Waals surface area (Å²) in [7, 11) is 0. The predicted molar refractivity (Wildman–Crippen MR) is 225 cm³/mol. The summed E-state index contributed by atoms with van der Waals surface area (Å²) in [4.78, 5) is 54.9. The lowest BCUT2D eigenvalue weighted by molar-refractivity contribution is -0.142. The number of anilines is 1. The molecule has 5 aromatic carbocycles. The van der Waals surface area contributed by atoms with Gasteiger partial charge in [0, 0.05) is 18.4 Å². The summed E-state index contributed by atoms with van der Waals surface area (Å²) in [5, 5.41) is 25.8. The highest BCUT2D eigenvalue weighted by Gasteiger charge is 2.40. The second kappa shape index (κ2) is 17.4. The molecule has 0 saturated heterocycles. The quantitative estimate of drug-likeness (QED) is 0.125. The van der Waals surface area contributed by atoms with E-state index in [1.807, 2.05) is 30.3 Å². The van der Waals surface area contributed by atoms with Crippen molar-refractivity contribution in [1.29, 1.82) is 5.26 Å². The molecule has 5 aromatic rings. The molecule has 3 amide bonds. The number of fused-ring (bicyclic) bond motifs is 2. The molecule has 306 valence electrons. The summed E-state index contributed by atoms with van der Waals surface area (Å²) >= 11 is 12.1. The smallest absolute Gasteiger partial charge is 0.411 e. The molecular weight excluding hydrogens is 807 g/mol. The highest BCUT2D eigenvalue weighted by atomic mass is 35.5. The Morgan fingerprint density at radius 2 is 1.58 bits per heavy atom. The van der Waals surface area contributed by atoms with E-state index in [0.29, 0.717) is 55.0 Å². The van der Waals surface area contributed by atoms with Crippen molar-refractivity contribution in [2.75, 3.05) is 5.32 Å². The Morgan fingerprint density at radius 3 is 2.22 bits per heavy atom. The number of carbonyl (C=O) groups is 4. The number of amides is 3. The number of carboxylic acids is 1. The number of nitriles is 1. The number of ether oxygens (including phenoxy) is 3. The fraction of sp³-hybridized carbons (Fsp3) is 0.239. The van der Waals surface area contributed by atoms with E-state index in [-0.39, 0.29) is 26.0 Å². The summed E-state index contributed by atoms with van der Waals surface area (Å²) in [5.74, 6) is -1.37. The third kappa shape index (κ3) is 9.66. The van der Waals surface area contributed by atoms with Gasteiger partial charge in [-0.2, -0.15) is 5.26 Å². The van der Waals surface area contributed by atoms with E-state index in [4.69, 9.17) is 42.7 Å². The zero-order valence-electron chi connectivity index (χ0n) is 32.8. The number of hydrogen-bond acceptors (Lipinski definition) is 8. The monoisotopic (exact) mass is 846 g/mol. The standard InChI is InChI=1S/C46H40Cl2N4O8/c1-46(2,3)60-45(57)52-24-33-22-40-37(50-43(54)41(59-40)31-13-15-34(16-14-31)58-25-28-8-17-35(47)36(48)18-28)20-32(33)21-39(52)42(53)51-38(44(55)56)19-26-4-9-29(10-5-26)30-11-6-27(23-49)7-12-30/h4-18,20,22,38-39,41H,19,21,24-25H2,1-3H3,(H,50,54)(H,51,53)(H,55,56)/t38-,39-,41?/m0/s1. The Hall–Kier alpha value is -6.55. The number of benzene rings is 5. The van der Waals surface area contributed by atoms with Crippen molar-refractivity contribution in [2.45, 2.75) is 70.6 Å². The van der Waals surface area contributed by atoms with Crippen LogP contribution in [0.3, 0.4) is 0 Å². The van der Waals surface area contributed by atoms with Gasteiger partial charge in [0.2, 0.25) is 12.0 Å². The number of hydrogen-bond donors (Lipinski definition) is 3. The molecule has 60 heavy (non-hydrogen) atoms. The van der Waals surface area contributed by atoms with Crippen molar-refractivity contribution in [3.05, 3.63) is 147 Å². The van der Waals surface area contributed by atoms with Crippen molar-refractivity contribution in [2.24, 2.45) is 0 Å². The second-order valence-electron chi connectivity index (χ2n) is 15.5. The van der Waals surface area contributed by atoms with Gasteiger partial charge in [-0.25, -0.2) is 9.59 Å². The van der Waals surface area contributed by atoms with Crippen molar-refractivity contribution in [3.63, 3.8) is 0 Å². The zero-order valence-corrected chi connectivity index (χ0v) is 34.3. The highest BCUT2D eigenvalue weighted by molar-refractivity contribution is 6.42. The van der Waals surface area contributed by atoms with Crippen LogP contribution in [0, 0.1) is 11.3 Å². The topological polar surface area (TPSA) is 167 Å². The first-order valence-electron chi connectivity index (χ1n) is 19.1. The van der Waals surface area contributed by atoms with Gasteiger partial charge in [0.1, 0.15) is 35.8 Å². The Kier molecular flexibility index (Phi) is 12.0. The van der Waals surface area contributed by atoms with Gasteiger partial charge in [0.05, 0.1) is 33.9 Å². The Bertz CT molecular complexity index is 2500. The van der Waals surface area contributed by atoms with Gasteiger partial charge >= 0.3 is 12.1 Å². The summed E-state index contributed by atoms with van der Waals surface area (Å²) < 4.78 is 17.8. The van der Waals surface area contributed by atoms with Crippen molar-refractivity contribution in [1.82, 2.24) is 10.2 Å². The van der Waals surface area contributed by atoms with E-state index >= 15 is 0 Å². The molecule has 2 aliphatic rings. The van der Waals surface area contributed by atoms with Crippen LogP contribution in [-0.4, -0.2) is 51.6 Å². The predicted octanol–water partition coefficient (Wildman–Crippen LogP) is 8.66. The molecule has 2 heterocycles. The summed E-state index contributed by atoms with van der Waals surface area (Å²) in [6.45, 7) is 5.36. The van der Waals surface area contributed by atoms with Gasteiger partial charge in [-0.1, -0.05) is 77.8 Å².